The van der Waals surface area contributed by atoms with E-state index in [9.17, 15) is 5.21 Å². The third-order valence-corrected chi connectivity index (χ3v) is 1.16. The van der Waals surface area contributed by atoms with Crippen LogP contribution >= 0.6 is 0 Å². The summed E-state index contributed by atoms with van der Waals surface area (Å²) in [4.78, 5) is -2.24. The van der Waals surface area contributed by atoms with Crippen LogP contribution in [0, 0.1) is 5.21 Å². The Morgan fingerprint density at radius 2 is 2.11 bits per heavy atom. The summed E-state index contributed by atoms with van der Waals surface area (Å²) in [6.45, 7) is 1.70. The zero-order valence-electron chi connectivity index (χ0n) is 5.32. The summed E-state index contributed by atoms with van der Waals surface area (Å²) in [6, 6.07) is -0.769. The monoisotopic (exact) mass is 136 g/mol. The highest BCUT2D eigenvalue weighted by Crippen LogP contribution is 2.04. The second kappa shape index (κ2) is 3.09. The van der Waals surface area contributed by atoms with Gasteiger partial charge in [0.15, 0.2) is 0 Å². The van der Waals surface area contributed by atoms with E-state index in [0.717, 1.165) is 0 Å². The molecular formula is C4H12N2O3. The van der Waals surface area contributed by atoms with E-state index in [2.05, 4.69) is 0 Å². The molecule has 0 aliphatic heterocycles. The molecule has 4 N–H and O–H groups in total. The Morgan fingerprint density at radius 1 is 1.67 bits per heavy atom. The molecule has 0 aromatic heterocycles. The molecule has 0 aromatic carbocycles. The van der Waals surface area contributed by atoms with Crippen LogP contribution in [0.1, 0.15) is 13.3 Å². The van der Waals surface area contributed by atoms with Crippen LogP contribution < -0.4 is 5.73 Å². The molecule has 0 fully saturated rings. The summed E-state index contributed by atoms with van der Waals surface area (Å²) in [5.41, 5.74) is 5.06. The van der Waals surface area contributed by atoms with Gasteiger partial charge < -0.3 is 10.9 Å². The fourth-order valence-electron chi connectivity index (χ4n) is 0.409. The van der Waals surface area contributed by atoms with Crippen LogP contribution in [0.15, 0.2) is 0 Å². The Labute approximate surface area is 53.4 Å². The molecule has 0 saturated carbocycles. The standard InChI is InChI=1S/C4H12N2O3/c1-4(2-3-5)6(7,8)9/h4,7-8H,2-3,5H2,1H3. The maximum Gasteiger partial charge on any atom is 0.150 e. The first-order chi connectivity index (χ1) is 3.98. The summed E-state index contributed by atoms with van der Waals surface area (Å²) in [5, 5.41) is 26.8. The minimum Gasteiger partial charge on any atom is -0.564 e. The van der Waals surface area contributed by atoms with Gasteiger partial charge in [-0.1, -0.05) is 4.97 Å². The van der Waals surface area contributed by atoms with Crippen molar-refractivity contribution in [3.8, 4) is 0 Å². The number of quaternary nitrogens is 1. The first kappa shape index (κ1) is 8.80. The van der Waals surface area contributed by atoms with Crippen molar-refractivity contribution in [3.63, 3.8) is 0 Å². The minimum atomic E-state index is -2.24. The number of hydrogen-bond donors (Lipinski definition) is 3. The fourth-order valence-corrected chi connectivity index (χ4v) is 0.409. The average molecular weight is 136 g/mol. The smallest absolute Gasteiger partial charge is 0.150 e. The second-order valence-corrected chi connectivity index (χ2v) is 2.02. The molecule has 56 valence electrons. The molecule has 0 aromatic rings. The van der Waals surface area contributed by atoms with Gasteiger partial charge in [-0.05, 0) is 13.5 Å². The Morgan fingerprint density at radius 3 is 2.22 bits per heavy atom. The molecule has 0 aliphatic carbocycles. The first-order valence-electron chi connectivity index (χ1n) is 2.73. The summed E-state index contributed by atoms with van der Waals surface area (Å²) >= 11 is 0. The molecular weight excluding hydrogens is 124 g/mol. The lowest BCUT2D eigenvalue weighted by Gasteiger charge is -2.29. The summed E-state index contributed by atoms with van der Waals surface area (Å²) < 4.78 is 0. The van der Waals surface area contributed by atoms with E-state index >= 15 is 0 Å². The van der Waals surface area contributed by atoms with Crippen LogP contribution in [0.3, 0.4) is 0 Å². The molecule has 0 amide bonds. The molecule has 0 heterocycles. The fraction of sp³-hybridized carbons (Fsp3) is 1.00. The SMILES string of the molecule is CC(CCN)[N+]([O-])(O)O. The van der Waals surface area contributed by atoms with Crippen molar-refractivity contribution < 1.29 is 15.4 Å². The van der Waals surface area contributed by atoms with E-state index < -0.39 is 11.0 Å². The van der Waals surface area contributed by atoms with Crippen molar-refractivity contribution in [2.24, 2.45) is 5.73 Å². The predicted octanol–water partition coefficient (Wildman–Crippen LogP) is -0.183. The molecule has 0 bridgehead atoms. The van der Waals surface area contributed by atoms with Crippen LogP contribution in [0.4, 0.5) is 0 Å². The van der Waals surface area contributed by atoms with Gasteiger partial charge in [0.25, 0.3) is 0 Å². The van der Waals surface area contributed by atoms with Crippen molar-refractivity contribution in [1.82, 2.24) is 0 Å². The molecule has 0 rings (SSSR count). The Hall–Kier alpha value is -0.200. The predicted molar refractivity (Wildman–Crippen MR) is 30.3 cm³/mol. The van der Waals surface area contributed by atoms with Gasteiger partial charge in [0, 0.05) is 6.42 Å². The van der Waals surface area contributed by atoms with Gasteiger partial charge in [-0.15, -0.1) is 0 Å². The van der Waals surface area contributed by atoms with Crippen molar-refractivity contribution in [3.05, 3.63) is 5.21 Å². The van der Waals surface area contributed by atoms with E-state index in [4.69, 9.17) is 16.1 Å². The minimum absolute atomic E-state index is 0.282. The zero-order chi connectivity index (χ0) is 7.49. The number of nitrogens with zero attached hydrogens (tertiary/aromatic N) is 1. The molecule has 0 aliphatic rings. The van der Waals surface area contributed by atoms with E-state index in [1.807, 2.05) is 0 Å². The molecule has 5 nitrogen and oxygen atoms in total. The second-order valence-electron chi connectivity index (χ2n) is 2.02. The highest BCUT2D eigenvalue weighted by Gasteiger charge is 2.19. The third kappa shape index (κ3) is 3.39. The quantitative estimate of drug-likeness (QED) is 0.370. The van der Waals surface area contributed by atoms with E-state index in [0.29, 0.717) is 6.42 Å². The summed E-state index contributed by atoms with van der Waals surface area (Å²) in [7, 11) is 0. The van der Waals surface area contributed by atoms with E-state index in [1.165, 1.54) is 6.92 Å². The lowest BCUT2D eigenvalue weighted by molar-refractivity contribution is -1.23. The average Bonchev–Trinajstić information content (AvgIpc) is 1.64. The maximum absolute atomic E-state index is 10.2. The van der Waals surface area contributed by atoms with Gasteiger partial charge in [0.2, 0.25) is 0 Å². The zero-order valence-corrected chi connectivity index (χ0v) is 5.32. The van der Waals surface area contributed by atoms with Crippen molar-refractivity contribution in [2.75, 3.05) is 6.54 Å². The van der Waals surface area contributed by atoms with Gasteiger partial charge in [0.1, 0.15) is 6.04 Å². The highest BCUT2D eigenvalue weighted by molar-refractivity contribution is 4.47. The molecule has 0 spiro atoms. The summed E-state index contributed by atoms with van der Waals surface area (Å²) in [6.07, 6.45) is 0.302. The van der Waals surface area contributed by atoms with Gasteiger partial charge in [-0.25, -0.2) is 0 Å². The normalized spacial score (nSPS) is 15.7. The molecule has 9 heavy (non-hydrogen) atoms. The van der Waals surface area contributed by atoms with Crippen LogP contribution in [-0.4, -0.2) is 28.0 Å². The molecule has 1 unspecified atom stereocenters. The summed E-state index contributed by atoms with van der Waals surface area (Å²) in [5.74, 6) is 0. The number of hydroxylamine groups is 3. The Bertz CT molecular complexity index is 80.4. The van der Waals surface area contributed by atoms with E-state index in [1.54, 1.807) is 0 Å². The topological polar surface area (TPSA) is 89.5 Å². The van der Waals surface area contributed by atoms with Gasteiger partial charge in [-0.2, -0.15) is 10.4 Å². The Balaban J connectivity index is 3.59. The molecule has 5 heteroatoms. The van der Waals surface area contributed by atoms with Crippen LogP contribution in [-0.2, 0) is 0 Å². The van der Waals surface area contributed by atoms with Crippen molar-refractivity contribution in [2.45, 2.75) is 19.4 Å². The van der Waals surface area contributed by atoms with Crippen molar-refractivity contribution in [1.29, 1.82) is 0 Å². The number of hydrogen-bond acceptors (Lipinski definition) is 4. The van der Waals surface area contributed by atoms with Crippen LogP contribution in [0.5, 0.6) is 0 Å². The van der Waals surface area contributed by atoms with Crippen LogP contribution in [0.2, 0.25) is 0 Å². The molecule has 0 radical (unpaired) electrons. The van der Waals surface area contributed by atoms with E-state index in [-0.39, 0.29) is 6.54 Å². The molecule has 0 saturated heterocycles. The van der Waals surface area contributed by atoms with Gasteiger partial charge in [0.05, 0.1) is 0 Å². The lowest BCUT2D eigenvalue weighted by Crippen LogP contribution is -2.43. The number of nitrogens with two attached hydrogens (primary N) is 1. The lowest BCUT2D eigenvalue weighted by atomic mass is 10.2. The largest absolute Gasteiger partial charge is 0.564 e. The van der Waals surface area contributed by atoms with Gasteiger partial charge in [-0.3, -0.25) is 0 Å². The Kier molecular flexibility index (Phi) is 3.02. The van der Waals surface area contributed by atoms with Crippen LogP contribution in [0.25, 0.3) is 0 Å². The third-order valence-electron chi connectivity index (χ3n) is 1.16. The van der Waals surface area contributed by atoms with Crippen molar-refractivity contribution >= 4 is 0 Å². The van der Waals surface area contributed by atoms with Gasteiger partial charge >= 0.3 is 0 Å². The first-order valence-corrected chi connectivity index (χ1v) is 2.73. The molecule has 1 atom stereocenters. The maximum atomic E-state index is 10.2. The highest BCUT2D eigenvalue weighted by atomic mass is 17.1. The number of rotatable bonds is 3.